The van der Waals surface area contributed by atoms with Gasteiger partial charge in [-0.25, -0.2) is 4.98 Å². The third kappa shape index (κ3) is 4.67. The number of rotatable bonds is 6. The number of pyridine rings is 1. The summed E-state index contributed by atoms with van der Waals surface area (Å²) in [5.74, 6) is -0.113. The Morgan fingerprint density at radius 3 is 2.49 bits per heavy atom. The Hall–Kier alpha value is -2.90. The van der Waals surface area contributed by atoms with Gasteiger partial charge < -0.3 is 19.4 Å². The second-order valence-electron chi connectivity index (χ2n) is 8.10. The third-order valence-electron chi connectivity index (χ3n) is 6.00. The Morgan fingerprint density at radius 2 is 1.74 bits per heavy atom. The molecular formula is C28H22NNaO4S. The van der Waals surface area contributed by atoms with E-state index in [4.69, 9.17) is 14.5 Å². The number of fused-ring (bicyclic) bond motifs is 2. The maximum absolute atomic E-state index is 12.3. The monoisotopic (exact) mass is 491 g/mol. The van der Waals surface area contributed by atoms with Crippen LogP contribution in [0.15, 0.2) is 66.7 Å². The molecule has 0 N–H and O–H groups in total. The van der Waals surface area contributed by atoms with Gasteiger partial charge in [0.1, 0.15) is 18.1 Å². The summed E-state index contributed by atoms with van der Waals surface area (Å²) in [5, 5.41) is 13.9. The van der Waals surface area contributed by atoms with Gasteiger partial charge in [0.15, 0.2) is 0 Å². The van der Waals surface area contributed by atoms with E-state index in [0.717, 1.165) is 31.7 Å². The van der Waals surface area contributed by atoms with E-state index >= 15 is 0 Å². The summed E-state index contributed by atoms with van der Waals surface area (Å²) in [6.07, 6.45) is 0. The van der Waals surface area contributed by atoms with Crippen molar-refractivity contribution in [3.8, 4) is 22.1 Å². The van der Waals surface area contributed by atoms with Crippen LogP contribution in [-0.2, 0) is 6.61 Å². The molecule has 5 aromatic rings. The molecule has 0 aliphatic heterocycles. The van der Waals surface area contributed by atoms with E-state index in [1.165, 1.54) is 0 Å². The number of ether oxygens (including phenoxy) is 2. The maximum Gasteiger partial charge on any atom is 1.00 e. The molecule has 3 aromatic carbocycles. The number of hydrogen-bond donors (Lipinski definition) is 0. The molecule has 5 rings (SSSR count). The number of aromatic nitrogens is 1. The van der Waals surface area contributed by atoms with Gasteiger partial charge in [0.2, 0.25) is 0 Å². The van der Waals surface area contributed by atoms with Gasteiger partial charge in [-0.1, -0.05) is 42.5 Å². The van der Waals surface area contributed by atoms with Gasteiger partial charge in [-0.15, -0.1) is 11.3 Å². The van der Waals surface area contributed by atoms with Crippen molar-refractivity contribution >= 4 is 38.3 Å². The number of aromatic carboxylic acids is 1. The molecule has 0 spiro atoms. The molecule has 170 valence electrons. The SMILES string of the molecule is COc1ccccc1COc1ccc(C)c2nc(-c3sc4ccccc4c3C)cc(C(=O)[O-])c12.[Na+]. The van der Waals surface area contributed by atoms with Gasteiger partial charge in [0.25, 0.3) is 0 Å². The number of carboxylic acids is 1. The summed E-state index contributed by atoms with van der Waals surface area (Å²) in [6, 6.07) is 21.0. The van der Waals surface area contributed by atoms with Crippen molar-refractivity contribution in [2.45, 2.75) is 20.5 Å². The molecule has 7 heteroatoms. The molecule has 0 fully saturated rings. The fourth-order valence-corrected chi connectivity index (χ4v) is 5.41. The minimum atomic E-state index is -1.26. The smallest absolute Gasteiger partial charge is 0.545 e. The number of methoxy groups -OCH3 is 1. The van der Waals surface area contributed by atoms with E-state index in [9.17, 15) is 9.90 Å². The van der Waals surface area contributed by atoms with Crippen LogP contribution in [-0.4, -0.2) is 18.1 Å². The number of carbonyl (C=O) groups excluding carboxylic acids is 1. The third-order valence-corrected chi connectivity index (χ3v) is 7.29. The van der Waals surface area contributed by atoms with Crippen LogP contribution in [0.1, 0.15) is 27.0 Å². The van der Waals surface area contributed by atoms with Gasteiger partial charge in [-0.2, -0.15) is 0 Å². The molecular weight excluding hydrogens is 469 g/mol. The number of para-hydroxylation sites is 1. The first kappa shape index (κ1) is 25.2. The number of hydrogen-bond acceptors (Lipinski definition) is 6. The minimum Gasteiger partial charge on any atom is -0.545 e. The zero-order chi connectivity index (χ0) is 23.8. The van der Waals surface area contributed by atoms with Gasteiger partial charge in [-0.3, -0.25) is 0 Å². The number of nitrogens with zero attached hydrogens (tertiary/aromatic N) is 1. The van der Waals surface area contributed by atoms with Crippen molar-refractivity contribution in [3.05, 3.63) is 89.0 Å². The molecule has 2 aromatic heterocycles. The Bertz CT molecular complexity index is 1560. The van der Waals surface area contributed by atoms with E-state index in [1.807, 2.05) is 56.3 Å². The van der Waals surface area contributed by atoms with Gasteiger partial charge in [-0.05, 0) is 54.6 Å². The standard InChI is InChI=1S/C28H23NO4S.Na/c1-16-12-13-23(33-15-18-8-4-6-10-22(18)32-3)25-20(28(30)31)14-21(29-26(16)25)27-17(2)19-9-5-7-11-24(19)34-27;/h4-14H,15H2,1-3H3,(H,30,31);/q;+1/p-1. The van der Waals surface area contributed by atoms with E-state index in [-0.39, 0.29) is 41.7 Å². The van der Waals surface area contributed by atoms with Crippen LogP contribution in [0, 0.1) is 13.8 Å². The maximum atomic E-state index is 12.3. The number of benzene rings is 3. The average Bonchev–Trinajstić information content (AvgIpc) is 3.20. The fraction of sp³-hybridized carbons (Fsp3) is 0.143. The summed E-state index contributed by atoms with van der Waals surface area (Å²) in [5.41, 5.74) is 4.08. The second kappa shape index (κ2) is 10.4. The van der Waals surface area contributed by atoms with Crippen LogP contribution < -0.4 is 44.1 Å². The molecule has 2 heterocycles. The molecule has 0 bridgehead atoms. The zero-order valence-corrected chi connectivity index (χ0v) is 22.9. The van der Waals surface area contributed by atoms with Crippen molar-refractivity contribution in [2.75, 3.05) is 7.11 Å². The minimum absolute atomic E-state index is 0. The first-order chi connectivity index (χ1) is 16.5. The van der Waals surface area contributed by atoms with Crippen molar-refractivity contribution in [2.24, 2.45) is 0 Å². The quantitative estimate of drug-likeness (QED) is 0.342. The van der Waals surface area contributed by atoms with Crippen LogP contribution in [0.3, 0.4) is 0 Å². The molecule has 0 radical (unpaired) electrons. The molecule has 0 saturated heterocycles. The summed E-state index contributed by atoms with van der Waals surface area (Å²) in [6.45, 7) is 4.18. The predicted molar refractivity (Wildman–Crippen MR) is 134 cm³/mol. The summed E-state index contributed by atoms with van der Waals surface area (Å²) < 4.78 is 12.6. The molecule has 0 saturated carbocycles. The second-order valence-corrected chi connectivity index (χ2v) is 9.15. The average molecular weight is 492 g/mol. The largest absolute Gasteiger partial charge is 1.00 e. The van der Waals surface area contributed by atoms with E-state index in [0.29, 0.717) is 28.1 Å². The van der Waals surface area contributed by atoms with Gasteiger partial charge >= 0.3 is 29.6 Å². The number of thiophene rings is 1. The summed E-state index contributed by atoms with van der Waals surface area (Å²) in [7, 11) is 1.61. The molecule has 0 atom stereocenters. The zero-order valence-electron chi connectivity index (χ0n) is 20.0. The molecule has 0 unspecified atom stereocenters. The molecule has 0 aliphatic rings. The van der Waals surface area contributed by atoms with Crippen LogP contribution in [0.5, 0.6) is 11.5 Å². The first-order valence-electron chi connectivity index (χ1n) is 10.9. The summed E-state index contributed by atoms with van der Waals surface area (Å²) in [4.78, 5) is 18.1. The summed E-state index contributed by atoms with van der Waals surface area (Å²) >= 11 is 1.61. The van der Waals surface area contributed by atoms with Gasteiger partial charge in [0, 0.05) is 15.8 Å². The number of carbonyl (C=O) groups is 1. The fourth-order valence-electron chi connectivity index (χ4n) is 4.24. The molecule has 35 heavy (non-hydrogen) atoms. The molecule has 0 amide bonds. The normalized spacial score (nSPS) is 10.8. The van der Waals surface area contributed by atoms with E-state index in [1.54, 1.807) is 30.6 Å². The van der Waals surface area contributed by atoms with Crippen molar-refractivity contribution in [3.63, 3.8) is 0 Å². The Balaban J connectivity index is 0.00000289. The number of aryl methyl sites for hydroxylation is 2. The Labute approximate surface area is 229 Å². The van der Waals surface area contributed by atoms with E-state index in [2.05, 4.69) is 12.1 Å². The topological polar surface area (TPSA) is 71.5 Å². The Kier molecular flexibility index (Phi) is 7.47. The predicted octanol–water partition coefficient (Wildman–Crippen LogP) is 2.69. The molecule has 5 nitrogen and oxygen atoms in total. The number of carboxylic acid groups (broad SMARTS) is 1. The van der Waals surface area contributed by atoms with Crippen LogP contribution in [0.25, 0.3) is 31.6 Å². The first-order valence-corrected chi connectivity index (χ1v) is 11.7. The molecule has 0 aliphatic carbocycles. The van der Waals surface area contributed by atoms with Crippen LogP contribution in [0.2, 0.25) is 0 Å². The van der Waals surface area contributed by atoms with Crippen molar-refractivity contribution < 1.29 is 48.9 Å². The van der Waals surface area contributed by atoms with Crippen LogP contribution >= 0.6 is 11.3 Å². The van der Waals surface area contributed by atoms with Crippen LogP contribution in [0.4, 0.5) is 0 Å². The van der Waals surface area contributed by atoms with Crippen molar-refractivity contribution in [1.82, 2.24) is 4.98 Å². The Morgan fingerprint density at radius 1 is 1.00 bits per heavy atom. The van der Waals surface area contributed by atoms with Crippen molar-refractivity contribution in [1.29, 1.82) is 0 Å². The van der Waals surface area contributed by atoms with E-state index < -0.39 is 5.97 Å². The van der Waals surface area contributed by atoms with Gasteiger partial charge in [0.05, 0.1) is 34.6 Å².